The highest BCUT2D eigenvalue weighted by Crippen LogP contribution is 2.28. The lowest BCUT2D eigenvalue weighted by molar-refractivity contribution is 0.328. The molecule has 0 spiro atoms. The molecule has 2 N–H and O–H groups in total. The summed E-state index contributed by atoms with van der Waals surface area (Å²) < 4.78 is 5.20. The van der Waals surface area contributed by atoms with Crippen LogP contribution in [0.3, 0.4) is 0 Å². The number of ether oxygens (including phenoxy) is 1. The highest BCUT2D eigenvalue weighted by atomic mass is 16.5. The predicted octanol–water partition coefficient (Wildman–Crippen LogP) is 4.98. The Morgan fingerprint density at radius 3 is 2.48 bits per heavy atom. The molecule has 1 fully saturated rings. The molecule has 33 heavy (non-hydrogen) atoms. The third-order valence-electron chi connectivity index (χ3n) is 6.31. The number of aromatic nitrogens is 2. The van der Waals surface area contributed by atoms with E-state index in [9.17, 15) is 0 Å². The lowest BCUT2D eigenvalue weighted by Crippen LogP contribution is -2.32. The predicted molar refractivity (Wildman–Crippen MR) is 138 cm³/mol. The van der Waals surface area contributed by atoms with Gasteiger partial charge in [0.15, 0.2) is 0 Å². The smallest absolute Gasteiger partial charge is 0.225 e. The van der Waals surface area contributed by atoms with Crippen LogP contribution < -0.4 is 20.3 Å². The van der Waals surface area contributed by atoms with Gasteiger partial charge in [0.2, 0.25) is 5.95 Å². The van der Waals surface area contributed by atoms with Crippen LogP contribution >= 0.6 is 0 Å². The zero-order valence-corrected chi connectivity index (χ0v) is 19.9. The fourth-order valence-corrected chi connectivity index (χ4v) is 4.44. The van der Waals surface area contributed by atoms with Crippen molar-refractivity contribution in [1.29, 1.82) is 0 Å². The first-order chi connectivity index (χ1) is 16.1. The molecule has 0 atom stereocenters. The van der Waals surface area contributed by atoms with E-state index in [1.165, 1.54) is 18.4 Å². The minimum absolute atomic E-state index is 0.437. The molecule has 1 heterocycles. The van der Waals surface area contributed by atoms with E-state index in [-0.39, 0.29) is 0 Å². The van der Waals surface area contributed by atoms with E-state index >= 15 is 0 Å². The van der Waals surface area contributed by atoms with Crippen LogP contribution in [-0.4, -0.2) is 50.3 Å². The van der Waals surface area contributed by atoms with Crippen molar-refractivity contribution >= 4 is 28.7 Å². The molecule has 0 amide bonds. The summed E-state index contributed by atoms with van der Waals surface area (Å²) in [7, 11) is 5.75. The van der Waals surface area contributed by atoms with E-state index in [4.69, 9.17) is 14.7 Å². The number of fused-ring (bicyclic) bond motifs is 1. The molecule has 1 aromatic heterocycles. The molecule has 6 nitrogen and oxygen atoms in total. The Morgan fingerprint density at radius 2 is 1.76 bits per heavy atom. The number of anilines is 2. The van der Waals surface area contributed by atoms with Crippen LogP contribution in [0, 0.1) is 5.92 Å². The third-order valence-corrected chi connectivity index (χ3v) is 6.31. The Morgan fingerprint density at radius 1 is 1.00 bits per heavy atom. The lowest BCUT2D eigenvalue weighted by atomic mass is 9.86. The minimum Gasteiger partial charge on any atom is -0.497 e. The second-order valence-electron chi connectivity index (χ2n) is 8.98. The molecule has 0 saturated heterocycles. The van der Waals surface area contributed by atoms with Gasteiger partial charge in [0.1, 0.15) is 11.6 Å². The number of rotatable bonds is 9. The maximum absolute atomic E-state index is 5.20. The van der Waals surface area contributed by atoms with Crippen molar-refractivity contribution in [2.75, 3.05) is 44.5 Å². The molecule has 0 radical (unpaired) electrons. The van der Waals surface area contributed by atoms with Gasteiger partial charge < -0.3 is 20.3 Å². The number of hydrogen-bond acceptors (Lipinski definition) is 6. The van der Waals surface area contributed by atoms with Gasteiger partial charge in [-0.15, -0.1) is 0 Å². The van der Waals surface area contributed by atoms with E-state index in [1.54, 1.807) is 7.11 Å². The van der Waals surface area contributed by atoms with Crippen LogP contribution in [0.25, 0.3) is 17.0 Å². The third kappa shape index (κ3) is 6.23. The first-order valence-electron chi connectivity index (χ1n) is 11.8. The van der Waals surface area contributed by atoms with Gasteiger partial charge in [0.25, 0.3) is 0 Å². The average molecular weight is 446 g/mol. The summed E-state index contributed by atoms with van der Waals surface area (Å²) >= 11 is 0. The normalized spacial score (nSPS) is 18.5. The molecule has 1 saturated carbocycles. The molecule has 0 aliphatic heterocycles. The number of methoxy groups -OCH3 is 1. The zero-order chi connectivity index (χ0) is 23.0. The van der Waals surface area contributed by atoms with Crippen molar-refractivity contribution in [2.24, 2.45) is 5.92 Å². The Hall–Kier alpha value is -3.12. The maximum Gasteiger partial charge on any atom is 0.225 e. The van der Waals surface area contributed by atoms with Crippen molar-refractivity contribution in [2.45, 2.75) is 31.7 Å². The van der Waals surface area contributed by atoms with Gasteiger partial charge in [-0.05, 0) is 68.0 Å². The van der Waals surface area contributed by atoms with E-state index in [0.29, 0.717) is 6.04 Å². The van der Waals surface area contributed by atoms with Crippen molar-refractivity contribution in [3.05, 3.63) is 60.2 Å². The number of nitrogens with one attached hydrogen (secondary N) is 2. The van der Waals surface area contributed by atoms with Crippen molar-refractivity contribution in [3.63, 3.8) is 0 Å². The summed E-state index contributed by atoms with van der Waals surface area (Å²) in [6.45, 7) is 1.96. The molecular weight excluding hydrogens is 410 g/mol. The molecular formula is C27H35N5O. The Kier molecular flexibility index (Phi) is 7.79. The number of benzene rings is 2. The van der Waals surface area contributed by atoms with Crippen LogP contribution in [0.4, 0.5) is 11.8 Å². The summed E-state index contributed by atoms with van der Waals surface area (Å²) in [6.07, 6.45) is 9.10. The van der Waals surface area contributed by atoms with Gasteiger partial charge in [-0.25, -0.2) is 4.98 Å². The molecule has 2 aromatic carbocycles. The van der Waals surface area contributed by atoms with Gasteiger partial charge >= 0.3 is 0 Å². The summed E-state index contributed by atoms with van der Waals surface area (Å²) in [5, 5.41) is 8.28. The van der Waals surface area contributed by atoms with E-state index < -0.39 is 0 Å². The van der Waals surface area contributed by atoms with Gasteiger partial charge in [-0.3, -0.25) is 0 Å². The first kappa shape index (κ1) is 23.1. The fraction of sp³-hybridized carbons (Fsp3) is 0.407. The van der Waals surface area contributed by atoms with E-state index in [0.717, 1.165) is 60.3 Å². The maximum atomic E-state index is 5.20. The van der Waals surface area contributed by atoms with Crippen molar-refractivity contribution < 1.29 is 4.74 Å². The van der Waals surface area contributed by atoms with Crippen molar-refractivity contribution in [3.8, 4) is 5.75 Å². The largest absolute Gasteiger partial charge is 0.497 e. The van der Waals surface area contributed by atoms with Gasteiger partial charge in [0.05, 0.1) is 12.6 Å². The number of hydrogen-bond donors (Lipinski definition) is 2. The standard InChI is InChI=1S/C27H35N5O/c1-32(2)26-24-8-4-5-9-25(24)30-27(31-26)29-22-14-10-21(11-15-22)19-28-18-6-7-20-12-16-23(33-3)17-13-20/h4-9,12-13,16-17,21-22,28H,10-11,14-15,18-19H2,1-3H3,(H,29,30,31)/b7-6+. The van der Waals surface area contributed by atoms with Gasteiger partial charge in [-0.2, -0.15) is 4.98 Å². The zero-order valence-electron chi connectivity index (χ0n) is 19.9. The number of nitrogens with zero attached hydrogens (tertiary/aromatic N) is 3. The summed E-state index contributed by atoms with van der Waals surface area (Å²) in [5.41, 5.74) is 2.18. The molecule has 3 aromatic rings. The van der Waals surface area contributed by atoms with E-state index in [1.807, 2.05) is 38.4 Å². The Balaban J connectivity index is 1.22. The molecule has 0 unspecified atom stereocenters. The highest BCUT2D eigenvalue weighted by molar-refractivity contribution is 5.90. The summed E-state index contributed by atoms with van der Waals surface area (Å²) in [4.78, 5) is 11.6. The van der Waals surface area contributed by atoms with Crippen LogP contribution in [0.1, 0.15) is 31.2 Å². The second kappa shape index (κ2) is 11.1. The van der Waals surface area contributed by atoms with Gasteiger partial charge in [0, 0.05) is 32.1 Å². The molecule has 6 heteroatoms. The average Bonchev–Trinajstić information content (AvgIpc) is 2.84. The molecule has 1 aliphatic carbocycles. The second-order valence-corrected chi connectivity index (χ2v) is 8.98. The fourth-order valence-electron chi connectivity index (χ4n) is 4.44. The Labute approximate surface area is 197 Å². The van der Waals surface area contributed by atoms with E-state index in [2.05, 4.69) is 52.0 Å². The van der Waals surface area contributed by atoms with Crippen LogP contribution in [-0.2, 0) is 0 Å². The van der Waals surface area contributed by atoms with Crippen LogP contribution in [0.2, 0.25) is 0 Å². The topological polar surface area (TPSA) is 62.3 Å². The van der Waals surface area contributed by atoms with Gasteiger partial charge in [-0.1, -0.05) is 36.4 Å². The minimum atomic E-state index is 0.437. The molecule has 174 valence electrons. The summed E-state index contributed by atoms with van der Waals surface area (Å²) in [5.74, 6) is 3.32. The SMILES string of the molecule is COc1ccc(/C=C/CNCC2CCC(Nc3nc(N(C)C)c4ccccc4n3)CC2)cc1. The Bertz CT molecular complexity index is 1060. The number of para-hydroxylation sites is 1. The first-order valence-corrected chi connectivity index (χ1v) is 11.8. The quantitative estimate of drug-likeness (QED) is 0.453. The molecule has 1 aliphatic rings. The highest BCUT2D eigenvalue weighted by Gasteiger charge is 2.22. The monoisotopic (exact) mass is 445 g/mol. The van der Waals surface area contributed by atoms with Crippen LogP contribution in [0.5, 0.6) is 5.75 Å². The molecule has 4 rings (SSSR count). The lowest BCUT2D eigenvalue weighted by Gasteiger charge is -2.29. The van der Waals surface area contributed by atoms with Crippen molar-refractivity contribution in [1.82, 2.24) is 15.3 Å². The summed E-state index contributed by atoms with van der Waals surface area (Å²) in [6, 6.07) is 16.8. The van der Waals surface area contributed by atoms with Crippen LogP contribution in [0.15, 0.2) is 54.6 Å². The molecule has 0 bridgehead atoms.